The van der Waals surface area contributed by atoms with E-state index in [9.17, 15) is 13.6 Å². The highest BCUT2D eigenvalue weighted by atomic mass is 19.1. The van der Waals surface area contributed by atoms with Gasteiger partial charge in [-0.15, -0.1) is 0 Å². The van der Waals surface area contributed by atoms with Crippen LogP contribution in [0.3, 0.4) is 0 Å². The largest absolute Gasteiger partial charge is 0.441 e. The topological polar surface area (TPSA) is 58.4 Å². The molecule has 1 atom stereocenters. The molecule has 1 aliphatic rings. The molecule has 3 aromatic rings. The van der Waals surface area contributed by atoms with Gasteiger partial charge in [0, 0.05) is 43.4 Å². The molecule has 0 spiro atoms. The molecule has 7 heteroatoms. The number of hydrogen-bond donors (Lipinski definition) is 1. The van der Waals surface area contributed by atoms with Gasteiger partial charge in [-0.25, -0.2) is 13.8 Å². The number of aryl methyl sites for hydroxylation is 1. The van der Waals surface area contributed by atoms with Gasteiger partial charge < -0.3 is 14.6 Å². The molecule has 1 N–H and O–H groups in total. The van der Waals surface area contributed by atoms with Crippen molar-refractivity contribution in [2.24, 2.45) is 5.92 Å². The summed E-state index contributed by atoms with van der Waals surface area (Å²) in [6.45, 7) is 4.38. The minimum absolute atomic E-state index is 0.132. The van der Waals surface area contributed by atoms with Crippen molar-refractivity contribution in [3.63, 3.8) is 0 Å². The van der Waals surface area contributed by atoms with Gasteiger partial charge in [-0.1, -0.05) is 6.92 Å². The fourth-order valence-corrected chi connectivity index (χ4v) is 3.61. The van der Waals surface area contributed by atoms with Gasteiger partial charge in [-0.05, 0) is 48.7 Å². The van der Waals surface area contributed by atoms with E-state index in [1.54, 1.807) is 0 Å². The van der Waals surface area contributed by atoms with Crippen molar-refractivity contribution in [1.29, 1.82) is 0 Å². The van der Waals surface area contributed by atoms with Crippen LogP contribution in [0.4, 0.5) is 20.2 Å². The third-order valence-electron chi connectivity index (χ3n) is 5.26. The molecule has 1 fully saturated rings. The number of anilines is 2. The van der Waals surface area contributed by atoms with Crippen LogP contribution >= 0.6 is 0 Å². The standard InChI is InChI=1S/C23H23F2N3O2/c1-15-10-11-28(14-15)18-5-3-17(4-6-18)27-22(29)8-9-23-26-13-21(30-23)19-7-2-16(24)12-20(19)25/h2-7,12-13,15H,8-11,14H2,1H3,(H,27,29). The monoisotopic (exact) mass is 411 g/mol. The van der Waals surface area contributed by atoms with Gasteiger partial charge in [0.1, 0.15) is 11.6 Å². The fourth-order valence-electron chi connectivity index (χ4n) is 3.61. The number of benzene rings is 2. The second-order valence-corrected chi connectivity index (χ2v) is 7.68. The molecule has 1 unspecified atom stereocenters. The Labute approximate surface area is 173 Å². The van der Waals surface area contributed by atoms with E-state index in [0.29, 0.717) is 11.8 Å². The summed E-state index contributed by atoms with van der Waals surface area (Å²) in [4.78, 5) is 18.7. The third kappa shape index (κ3) is 4.67. The van der Waals surface area contributed by atoms with Gasteiger partial charge in [0.25, 0.3) is 0 Å². The van der Waals surface area contributed by atoms with E-state index in [-0.39, 0.29) is 30.1 Å². The first-order chi connectivity index (χ1) is 14.5. The number of oxazole rings is 1. The minimum Gasteiger partial charge on any atom is -0.441 e. The molecule has 1 saturated heterocycles. The third-order valence-corrected chi connectivity index (χ3v) is 5.26. The fraction of sp³-hybridized carbons (Fsp3) is 0.304. The summed E-state index contributed by atoms with van der Waals surface area (Å²) >= 11 is 0. The molecular weight excluding hydrogens is 388 g/mol. The Kier molecular flexibility index (Phi) is 5.79. The Morgan fingerprint density at radius 1 is 1.23 bits per heavy atom. The molecule has 0 radical (unpaired) electrons. The van der Waals surface area contributed by atoms with Crippen LogP contribution in [0.2, 0.25) is 0 Å². The highest BCUT2D eigenvalue weighted by molar-refractivity contribution is 5.91. The van der Waals surface area contributed by atoms with Crippen LogP contribution in [0.1, 0.15) is 25.7 Å². The van der Waals surface area contributed by atoms with Gasteiger partial charge in [-0.2, -0.15) is 0 Å². The smallest absolute Gasteiger partial charge is 0.224 e. The lowest BCUT2D eigenvalue weighted by molar-refractivity contribution is -0.116. The van der Waals surface area contributed by atoms with Crippen molar-refractivity contribution < 1.29 is 18.0 Å². The number of hydrogen-bond acceptors (Lipinski definition) is 4. The Hall–Kier alpha value is -3.22. The SMILES string of the molecule is CC1CCN(c2ccc(NC(=O)CCc3ncc(-c4ccc(F)cc4F)o3)cc2)C1. The average molecular weight is 411 g/mol. The van der Waals surface area contributed by atoms with E-state index < -0.39 is 11.6 Å². The number of halogens is 2. The summed E-state index contributed by atoms with van der Waals surface area (Å²) in [6, 6.07) is 11.1. The van der Waals surface area contributed by atoms with Crippen molar-refractivity contribution in [3.05, 3.63) is 66.2 Å². The lowest BCUT2D eigenvalue weighted by Crippen LogP contribution is -2.19. The molecule has 0 saturated carbocycles. The first kappa shape index (κ1) is 20.1. The summed E-state index contributed by atoms with van der Waals surface area (Å²) in [5.74, 6) is -0.306. The second kappa shape index (κ2) is 8.65. The van der Waals surface area contributed by atoms with Gasteiger partial charge in [0.05, 0.1) is 11.8 Å². The van der Waals surface area contributed by atoms with Gasteiger partial charge in [-0.3, -0.25) is 4.79 Å². The molecule has 0 bridgehead atoms. The Balaban J connectivity index is 1.30. The van der Waals surface area contributed by atoms with Crippen molar-refractivity contribution in [2.75, 3.05) is 23.3 Å². The van der Waals surface area contributed by atoms with E-state index in [0.717, 1.165) is 36.6 Å². The summed E-state index contributed by atoms with van der Waals surface area (Å²) in [6.07, 6.45) is 3.03. The van der Waals surface area contributed by atoms with E-state index in [2.05, 4.69) is 22.1 Å². The van der Waals surface area contributed by atoms with Crippen molar-refractivity contribution >= 4 is 17.3 Å². The van der Waals surface area contributed by atoms with Crippen molar-refractivity contribution in [2.45, 2.75) is 26.2 Å². The number of carbonyl (C=O) groups is 1. The quantitative estimate of drug-likeness (QED) is 0.618. The molecular formula is C23H23F2N3O2. The van der Waals surface area contributed by atoms with Gasteiger partial charge in [0.15, 0.2) is 11.7 Å². The number of nitrogens with zero attached hydrogens (tertiary/aromatic N) is 2. The number of rotatable bonds is 6. The first-order valence-electron chi connectivity index (χ1n) is 10.0. The molecule has 1 aromatic heterocycles. The summed E-state index contributed by atoms with van der Waals surface area (Å²) < 4.78 is 32.4. The van der Waals surface area contributed by atoms with E-state index in [4.69, 9.17) is 4.42 Å². The number of carbonyl (C=O) groups excluding carboxylic acids is 1. The number of amides is 1. The second-order valence-electron chi connectivity index (χ2n) is 7.68. The van der Waals surface area contributed by atoms with Crippen LogP contribution in [-0.2, 0) is 11.2 Å². The highest BCUT2D eigenvalue weighted by Crippen LogP contribution is 2.26. The zero-order chi connectivity index (χ0) is 21.1. The highest BCUT2D eigenvalue weighted by Gasteiger charge is 2.18. The molecule has 5 nitrogen and oxygen atoms in total. The molecule has 156 valence electrons. The zero-order valence-electron chi connectivity index (χ0n) is 16.7. The Bertz CT molecular complexity index is 1030. The van der Waals surface area contributed by atoms with Crippen LogP contribution in [0.25, 0.3) is 11.3 Å². The molecule has 0 aliphatic carbocycles. The molecule has 1 amide bonds. The molecule has 30 heavy (non-hydrogen) atoms. The first-order valence-corrected chi connectivity index (χ1v) is 10.0. The lowest BCUT2D eigenvalue weighted by atomic mass is 10.2. The minimum atomic E-state index is -0.720. The van der Waals surface area contributed by atoms with E-state index >= 15 is 0 Å². The molecule has 4 rings (SSSR count). The van der Waals surface area contributed by atoms with Gasteiger partial charge in [0.2, 0.25) is 5.91 Å². The molecule has 1 aliphatic heterocycles. The maximum Gasteiger partial charge on any atom is 0.224 e. The number of aromatic nitrogens is 1. The van der Waals surface area contributed by atoms with Crippen LogP contribution in [-0.4, -0.2) is 24.0 Å². The predicted octanol–water partition coefficient (Wildman–Crippen LogP) is 5.04. The van der Waals surface area contributed by atoms with Gasteiger partial charge >= 0.3 is 0 Å². The maximum absolute atomic E-state index is 13.9. The van der Waals surface area contributed by atoms with Crippen molar-refractivity contribution in [3.8, 4) is 11.3 Å². The average Bonchev–Trinajstić information content (AvgIpc) is 3.36. The van der Waals surface area contributed by atoms with Crippen LogP contribution in [0.15, 0.2) is 53.1 Å². The molecule has 2 aromatic carbocycles. The van der Waals surface area contributed by atoms with Crippen LogP contribution < -0.4 is 10.2 Å². The van der Waals surface area contributed by atoms with Crippen LogP contribution in [0.5, 0.6) is 0 Å². The van der Waals surface area contributed by atoms with Crippen LogP contribution in [0, 0.1) is 17.6 Å². The summed E-state index contributed by atoms with van der Waals surface area (Å²) in [7, 11) is 0. The predicted molar refractivity (Wildman–Crippen MR) is 111 cm³/mol. The van der Waals surface area contributed by atoms with Crippen molar-refractivity contribution in [1.82, 2.24) is 4.98 Å². The maximum atomic E-state index is 13.9. The normalized spacial score (nSPS) is 16.1. The Morgan fingerprint density at radius 3 is 2.73 bits per heavy atom. The van der Waals surface area contributed by atoms with E-state index in [1.165, 1.54) is 18.7 Å². The molecule has 2 heterocycles. The Morgan fingerprint density at radius 2 is 2.03 bits per heavy atom. The van der Waals surface area contributed by atoms with E-state index in [1.807, 2.05) is 24.3 Å². The lowest BCUT2D eigenvalue weighted by Gasteiger charge is -2.18. The summed E-state index contributed by atoms with van der Waals surface area (Å²) in [5.41, 5.74) is 2.03. The summed E-state index contributed by atoms with van der Waals surface area (Å²) in [5, 5.41) is 2.86. The zero-order valence-corrected chi connectivity index (χ0v) is 16.7. The number of nitrogens with one attached hydrogen (secondary N) is 1.